The van der Waals surface area contributed by atoms with Crippen LogP contribution in [-0.2, 0) is 0 Å². The number of hydrogen-bond donors (Lipinski definition) is 1. The molecule has 1 heteroatoms. The molecule has 112 valence electrons. The van der Waals surface area contributed by atoms with Crippen LogP contribution in [0.3, 0.4) is 0 Å². The van der Waals surface area contributed by atoms with Crippen molar-refractivity contribution in [1.29, 1.82) is 0 Å². The van der Waals surface area contributed by atoms with Gasteiger partial charge in [0.05, 0.1) is 0 Å². The number of nitrogens with one attached hydrogen (secondary N) is 1. The van der Waals surface area contributed by atoms with Crippen LogP contribution in [0.4, 0.5) is 0 Å². The first-order chi connectivity index (χ1) is 10.2. The fourth-order valence-corrected chi connectivity index (χ4v) is 3.15. The Balaban J connectivity index is 2.43. The fourth-order valence-electron chi connectivity index (χ4n) is 3.15. The van der Waals surface area contributed by atoms with Crippen molar-refractivity contribution in [2.45, 2.75) is 46.1 Å². The van der Waals surface area contributed by atoms with E-state index in [9.17, 15) is 0 Å². The molecule has 2 unspecified atom stereocenters. The second kappa shape index (κ2) is 7.42. The van der Waals surface area contributed by atoms with E-state index >= 15 is 0 Å². The third-order valence-electron chi connectivity index (χ3n) is 4.26. The average molecular weight is 281 g/mol. The van der Waals surface area contributed by atoms with Gasteiger partial charge in [-0.15, -0.1) is 0 Å². The SMILES string of the molecule is CCNC(c1cc(C)ccc1C)C(CC)c1ccccc1. The van der Waals surface area contributed by atoms with Crippen molar-refractivity contribution >= 4 is 0 Å². The first-order valence-electron chi connectivity index (χ1n) is 8.02. The summed E-state index contributed by atoms with van der Waals surface area (Å²) >= 11 is 0. The lowest BCUT2D eigenvalue weighted by molar-refractivity contribution is 0.444. The van der Waals surface area contributed by atoms with E-state index in [-0.39, 0.29) is 0 Å². The molecule has 0 amide bonds. The van der Waals surface area contributed by atoms with Gasteiger partial charge in [-0.2, -0.15) is 0 Å². The first kappa shape index (κ1) is 15.8. The fraction of sp³-hybridized carbons (Fsp3) is 0.400. The maximum absolute atomic E-state index is 3.72. The molecule has 0 bridgehead atoms. The zero-order chi connectivity index (χ0) is 15.2. The molecule has 2 aromatic carbocycles. The van der Waals surface area contributed by atoms with Gasteiger partial charge in [-0.3, -0.25) is 0 Å². The second-order valence-electron chi connectivity index (χ2n) is 5.82. The van der Waals surface area contributed by atoms with Crippen LogP contribution in [0.15, 0.2) is 48.5 Å². The van der Waals surface area contributed by atoms with Gasteiger partial charge in [0.1, 0.15) is 0 Å². The minimum atomic E-state index is 0.377. The standard InChI is InChI=1S/C20H27N/c1-5-18(17-10-8-7-9-11-17)20(21-6-2)19-14-15(3)12-13-16(19)4/h7-14,18,20-21H,5-6H2,1-4H3. The summed E-state index contributed by atoms with van der Waals surface area (Å²) in [5, 5.41) is 3.72. The molecule has 0 saturated heterocycles. The van der Waals surface area contributed by atoms with Crippen molar-refractivity contribution in [3.63, 3.8) is 0 Å². The molecule has 2 aromatic rings. The zero-order valence-electron chi connectivity index (χ0n) is 13.7. The van der Waals surface area contributed by atoms with E-state index in [1.807, 2.05) is 0 Å². The van der Waals surface area contributed by atoms with Crippen LogP contribution in [0.1, 0.15) is 54.5 Å². The van der Waals surface area contributed by atoms with Crippen molar-refractivity contribution in [3.8, 4) is 0 Å². The molecule has 0 fully saturated rings. The largest absolute Gasteiger partial charge is 0.310 e. The van der Waals surface area contributed by atoms with Crippen molar-refractivity contribution in [2.24, 2.45) is 0 Å². The molecule has 2 rings (SSSR count). The zero-order valence-corrected chi connectivity index (χ0v) is 13.7. The number of benzene rings is 2. The van der Waals surface area contributed by atoms with Crippen LogP contribution < -0.4 is 5.32 Å². The van der Waals surface area contributed by atoms with E-state index in [1.54, 1.807) is 0 Å². The summed E-state index contributed by atoms with van der Waals surface area (Å²) in [7, 11) is 0. The minimum Gasteiger partial charge on any atom is -0.310 e. The van der Waals surface area contributed by atoms with Crippen LogP contribution >= 0.6 is 0 Å². The summed E-state index contributed by atoms with van der Waals surface area (Å²) in [5.41, 5.74) is 5.57. The molecule has 2 atom stereocenters. The van der Waals surface area contributed by atoms with E-state index in [1.165, 1.54) is 22.3 Å². The van der Waals surface area contributed by atoms with Gasteiger partial charge in [-0.1, -0.05) is 67.9 Å². The number of rotatable bonds is 6. The molecule has 1 nitrogen and oxygen atoms in total. The summed E-state index contributed by atoms with van der Waals surface area (Å²) in [4.78, 5) is 0. The highest BCUT2D eigenvalue weighted by atomic mass is 14.9. The van der Waals surface area contributed by atoms with Crippen LogP contribution in [-0.4, -0.2) is 6.54 Å². The second-order valence-corrected chi connectivity index (χ2v) is 5.82. The van der Waals surface area contributed by atoms with Gasteiger partial charge in [0.15, 0.2) is 0 Å². The van der Waals surface area contributed by atoms with Crippen molar-refractivity contribution in [3.05, 3.63) is 70.8 Å². The van der Waals surface area contributed by atoms with Crippen LogP contribution in [0.25, 0.3) is 0 Å². The predicted molar refractivity (Wildman–Crippen MR) is 91.8 cm³/mol. The Kier molecular flexibility index (Phi) is 5.58. The van der Waals surface area contributed by atoms with E-state index in [2.05, 4.69) is 81.5 Å². The Morgan fingerprint density at radius 2 is 1.67 bits per heavy atom. The third-order valence-corrected chi connectivity index (χ3v) is 4.26. The highest BCUT2D eigenvalue weighted by Gasteiger charge is 2.23. The normalized spacial score (nSPS) is 13.9. The lowest BCUT2D eigenvalue weighted by atomic mass is 9.83. The average Bonchev–Trinajstić information content (AvgIpc) is 2.51. The van der Waals surface area contributed by atoms with Gasteiger partial charge in [0.2, 0.25) is 0 Å². The van der Waals surface area contributed by atoms with Crippen molar-refractivity contribution < 1.29 is 0 Å². The van der Waals surface area contributed by atoms with Gasteiger partial charge in [-0.25, -0.2) is 0 Å². The Bertz CT molecular complexity index is 559. The summed E-state index contributed by atoms with van der Waals surface area (Å²) < 4.78 is 0. The Morgan fingerprint density at radius 3 is 2.29 bits per heavy atom. The molecule has 0 spiro atoms. The first-order valence-corrected chi connectivity index (χ1v) is 8.02. The maximum atomic E-state index is 3.72. The van der Waals surface area contributed by atoms with Gasteiger partial charge in [0, 0.05) is 12.0 Å². The molecule has 0 radical (unpaired) electrons. The highest BCUT2D eigenvalue weighted by molar-refractivity contribution is 5.36. The third kappa shape index (κ3) is 3.74. The van der Waals surface area contributed by atoms with Gasteiger partial charge >= 0.3 is 0 Å². The maximum Gasteiger partial charge on any atom is 0.0392 e. The smallest absolute Gasteiger partial charge is 0.0392 e. The Hall–Kier alpha value is -1.60. The van der Waals surface area contributed by atoms with E-state index in [0.717, 1.165) is 13.0 Å². The molecule has 0 aliphatic carbocycles. The number of aryl methyl sites for hydroxylation is 2. The van der Waals surface area contributed by atoms with Crippen LogP contribution in [0.2, 0.25) is 0 Å². The summed E-state index contributed by atoms with van der Waals surface area (Å²) in [5.74, 6) is 0.506. The topological polar surface area (TPSA) is 12.0 Å². The summed E-state index contributed by atoms with van der Waals surface area (Å²) in [6.45, 7) is 9.86. The lowest BCUT2D eigenvalue weighted by Crippen LogP contribution is -2.27. The molecule has 0 aliphatic rings. The summed E-state index contributed by atoms with van der Waals surface area (Å²) in [6.07, 6.45) is 1.13. The quantitative estimate of drug-likeness (QED) is 0.772. The minimum absolute atomic E-state index is 0.377. The number of hydrogen-bond acceptors (Lipinski definition) is 1. The summed E-state index contributed by atoms with van der Waals surface area (Å²) in [6, 6.07) is 18.0. The molecule has 0 aliphatic heterocycles. The predicted octanol–water partition coefficient (Wildman–Crippen LogP) is 5.15. The number of likely N-dealkylation sites (N-methyl/N-ethyl adjacent to an activating group) is 1. The molecule has 0 heterocycles. The van der Waals surface area contributed by atoms with Gasteiger partial charge < -0.3 is 5.32 Å². The lowest BCUT2D eigenvalue weighted by Gasteiger charge is -2.29. The molecule has 1 N–H and O–H groups in total. The monoisotopic (exact) mass is 281 g/mol. The Labute approximate surface area is 129 Å². The van der Waals surface area contributed by atoms with Crippen molar-refractivity contribution in [1.82, 2.24) is 5.32 Å². The van der Waals surface area contributed by atoms with Crippen LogP contribution in [0.5, 0.6) is 0 Å². The van der Waals surface area contributed by atoms with Crippen molar-refractivity contribution in [2.75, 3.05) is 6.54 Å². The van der Waals surface area contributed by atoms with Crippen LogP contribution in [0, 0.1) is 13.8 Å². The molecule has 0 saturated carbocycles. The molecule has 21 heavy (non-hydrogen) atoms. The van der Waals surface area contributed by atoms with Gasteiger partial charge in [-0.05, 0) is 43.5 Å². The molecular weight excluding hydrogens is 254 g/mol. The molecular formula is C20H27N. The van der Waals surface area contributed by atoms with E-state index in [4.69, 9.17) is 0 Å². The van der Waals surface area contributed by atoms with Gasteiger partial charge in [0.25, 0.3) is 0 Å². The van der Waals surface area contributed by atoms with E-state index in [0.29, 0.717) is 12.0 Å². The molecule has 0 aromatic heterocycles. The van der Waals surface area contributed by atoms with E-state index < -0.39 is 0 Å². The Morgan fingerprint density at radius 1 is 0.952 bits per heavy atom. The highest BCUT2D eigenvalue weighted by Crippen LogP contribution is 2.35.